The first-order chi connectivity index (χ1) is 13.0. The number of aromatic carboxylic acids is 1. The van der Waals surface area contributed by atoms with Crippen molar-refractivity contribution in [3.63, 3.8) is 0 Å². The van der Waals surface area contributed by atoms with Crippen LogP contribution in [0.2, 0.25) is 0 Å². The molecular weight excluding hydrogens is 348 g/mol. The van der Waals surface area contributed by atoms with E-state index in [0.717, 1.165) is 19.4 Å². The zero-order valence-electron chi connectivity index (χ0n) is 15.6. The molecule has 1 aromatic rings. The fourth-order valence-corrected chi connectivity index (χ4v) is 3.29. The van der Waals surface area contributed by atoms with Crippen molar-refractivity contribution in [3.05, 3.63) is 29.8 Å². The topological polar surface area (TPSA) is 94.5 Å². The lowest BCUT2D eigenvalue weighted by molar-refractivity contribution is -0.130. The first-order valence-corrected chi connectivity index (χ1v) is 9.30. The minimum Gasteiger partial charge on any atom is -0.478 e. The molecule has 0 bridgehead atoms. The highest BCUT2D eigenvalue weighted by molar-refractivity contribution is 5.96. The van der Waals surface area contributed by atoms with Gasteiger partial charge in [-0.3, -0.25) is 9.79 Å². The molecule has 146 valence electrons. The van der Waals surface area contributed by atoms with Crippen molar-refractivity contribution in [2.45, 2.75) is 25.9 Å². The van der Waals surface area contributed by atoms with Gasteiger partial charge in [0.05, 0.1) is 18.2 Å². The third-order valence-corrected chi connectivity index (χ3v) is 4.86. The number of piperazine rings is 1. The third kappa shape index (κ3) is 5.19. The van der Waals surface area contributed by atoms with Crippen molar-refractivity contribution in [1.29, 1.82) is 0 Å². The SMILES string of the molecule is CC(=O)N1CCN(C(=NC[C@H]2CCCO2)Nc2cccc(C(=O)O)c2)CC1. The van der Waals surface area contributed by atoms with Gasteiger partial charge in [0.1, 0.15) is 0 Å². The van der Waals surface area contributed by atoms with Gasteiger partial charge in [-0.15, -0.1) is 0 Å². The second-order valence-electron chi connectivity index (χ2n) is 6.80. The molecule has 27 heavy (non-hydrogen) atoms. The molecule has 0 spiro atoms. The molecule has 0 radical (unpaired) electrons. The van der Waals surface area contributed by atoms with Gasteiger partial charge in [-0.05, 0) is 31.0 Å². The number of nitrogens with one attached hydrogen (secondary N) is 1. The predicted molar refractivity (Wildman–Crippen MR) is 102 cm³/mol. The van der Waals surface area contributed by atoms with Crippen molar-refractivity contribution in [3.8, 4) is 0 Å². The molecule has 2 N–H and O–H groups in total. The number of nitrogens with zero attached hydrogens (tertiary/aromatic N) is 3. The minimum absolute atomic E-state index is 0.0783. The normalized spacial score (nSPS) is 20.6. The van der Waals surface area contributed by atoms with E-state index in [-0.39, 0.29) is 17.6 Å². The van der Waals surface area contributed by atoms with Crippen LogP contribution in [-0.4, -0.2) is 78.2 Å². The number of rotatable bonds is 4. The maximum atomic E-state index is 11.6. The monoisotopic (exact) mass is 374 g/mol. The Morgan fingerprint density at radius 3 is 2.63 bits per heavy atom. The third-order valence-electron chi connectivity index (χ3n) is 4.86. The minimum atomic E-state index is -0.966. The Morgan fingerprint density at radius 2 is 2.00 bits per heavy atom. The molecule has 2 saturated heterocycles. The lowest BCUT2D eigenvalue weighted by Gasteiger charge is -2.36. The van der Waals surface area contributed by atoms with Crippen LogP contribution in [0.5, 0.6) is 0 Å². The molecule has 2 heterocycles. The summed E-state index contributed by atoms with van der Waals surface area (Å²) in [5.41, 5.74) is 0.898. The van der Waals surface area contributed by atoms with Crippen molar-refractivity contribution in [2.24, 2.45) is 4.99 Å². The van der Waals surface area contributed by atoms with E-state index in [0.29, 0.717) is 44.4 Å². The molecule has 0 saturated carbocycles. The quantitative estimate of drug-likeness (QED) is 0.613. The Labute approximate surface area is 158 Å². The van der Waals surface area contributed by atoms with Crippen LogP contribution in [0.3, 0.4) is 0 Å². The van der Waals surface area contributed by atoms with Crippen molar-refractivity contribution < 1.29 is 19.4 Å². The summed E-state index contributed by atoms with van der Waals surface area (Å²) < 4.78 is 5.66. The lowest BCUT2D eigenvalue weighted by atomic mass is 10.2. The number of benzene rings is 1. The van der Waals surface area contributed by atoms with Crippen LogP contribution >= 0.6 is 0 Å². The van der Waals surface area contributed by atoms with E-state index in [4.69, 9.17) is 9.73 Å². The molecule has 1 amide bonds. The molecular formula is C19H26N4O4. The summed E-state index contributed by atoms with van der Waals surface area (Å²) in [4.78, 5) is 31.4. The highest BCUT2D eigenvalue weighted by Crippen LogP contribution is 2.15. The van der Waals surface area contributed by atoms with Crippen LogP contribution in [-0.2, 0) is 9.53 Å². The van der Waals surface area contributed by atoms with E-state index in [1.54, 1.807) is 25.1 Å². The van der Waals surface area contributed by atoms with Crippen LogP contribution in [0.15, 0.2) is 29.3 Å². The predicted octanol–water partition coefficient (Wildman–Crippen LogP) is 1.50. The number of carboxylic acid groups (broad SMARTS) is 1. The average Bonchev–Trinajstić information content (AvgIpc) is 3.19. The molecule has 8 nitrogen and oxygen atoms in total. The molecule has 2 aliphatic rings. The van der Waals surface area contributed by atoms with Gasteiger partial charge in [-0.1, -0.05) is 6.07 Å². The van der Waals surface area contributed by atoms with Gasteiger partial charge in [-0.2, -0.15) is 0 Å². The van der Waals surface area contributed by atoms with E-state index >= 15 is 0 Å². The van der Waals surface area contributed by atoms with E-state index in [1.165, 1.54) is 0 Å². The van der Waals surface area contributed by atoms with Gasteiger partial charge in [0.2, 0.25) is 5.91 Å². The number of carboxylic acids is 1. The molecule has 2 fully saturated rings. The number of hydrogen-bond donors (Lipinski definition) is 2. The number of amides is 1. The summed E-state index contributed by atoms with van der Waals surface area (Å²) in [5.74, 6) is -0.197. The summed E-state index contributed by atoms with van der Waals surface area (Å²) in [6, 6.07) is 6.68. The number of aliphatic imine (C=N–C) groups is 1. The fourth-order valence-electron chi connectivity index (χ4n) is 3.29. The van der Waals surface area contributed by atoms with E-state index in [2.05, 4.69) is 10.2 Å². The summed E-state index contributed by atoms with van der Waals surface area (Å²) >= 11 is 0. The molecule has 0 aromatic heterocycles. The Kier molecular flexibility index (Phi) is 6.28. The molecule has 2 aliphatic heterocycles. The first kappa shape index (κ1) is 19.2. The lowest BCUT2D eigenvalue weighted by Crippen LogP contribution is -2.51. The number of ether oxygens (including phenoxy) is 1. The standard InChI is InChI=1S/C19H26N4O4/c1-14(24)22-7-9-23(10-8-22)19(20-13-17-6-3-11-27-17)21-16-5-2-4-15(12-16)18(25)26/h2,4-5,12,17H,3,6-11,13H2,1H3,(H,20,21)(H,25,26)/t17-/m1/s1. The van der Waals surface area contributed by atoms with Gasteiger partial charge >= 0.3 is 5.97 Å². The smallest absolute Gasteiger partial charge is 0.335 e. The van der Waals surface area contributed by atoms with Crippen LogP contribution in [0.25, 0.3) is 0 Å². The second-order valence-corrected chi connectivity index (χ2v) is 6.80. The summed E-state index contributed by atoms with van der Waals surface area (Å²) in [5, 5.41) is 12.5. The maximum Gasteiger partial charge on any atom is 0.335 e. The second kappa shape index (κ2) is 8.85. The maximum absolute atomic E-state index is 11.6. The largest absolute Gasteiger partial charge is 0.478 e. The van der Waals surface area contributed by atoms with Gasteiger partial charge < -0.3 is 25.0 Å². The van der Waals surface area contributed by atoms with Crippen LogP contribution in [0.4, 0.5) is 5.69 Å². The van der Waals surface area contributed by atoms with E-state index < -0.39 is 5.97 Å². The number of hydrogen-bond acceptors (Lipinski definition) is 4. The van der Waals surface area contributed by atoms with Gasteiger partial charge in [0, 0.05) is 45.4 Å². The molecule has 1 aromatic carbocycles. The Morgan fingerprint density at radius 1 is 1.26 bits per heavy atom. The molecule has 0 aliphatic carbocycles. The molecule has 1 atom stereocenters. The van der Waals surface area contributed by atoms with Crippen molar-refractivity contribution in [2.75, 3.05) is 44.6 Å². The average molecular weight is 374 g/mol. The molecule has 0 unspecified atom stereocenters. The Hall–Kier alpha value is -2.61. The number of carbonyl (C=O) groups is 2. The summed E-state index contributed by atoms with van der Waals surface area (Å²) in [6.07, 6.45) is 2.19. The Balaban J connectivity index is 1.73. The van der Waals surface area contributed by atoms with Crippen molar-refractivity contribution in [1.82, 2.24) is 9.80 Å². The summed E-state index contributed by atoms with van der Waals surface area (Å²) in [7, 11) is 0. The number of carbonyl (C=O) groups excluding carboxylic acids is 1. The zero-order valence-corrected chi connectivity index (χ0v) is 15.6. The van der Waals surface area contributed by atoms with Crippen LogP contribution in [0.1, 0.15) is 30.1 Å². The van der Waals surface area contributed by atoms with Crippen molar-refractivity contribution >= 4 is 23.5 Å². The summed E-state index contributed by atoms with van der Waals surface area (Å²) in [6.45, 7) is 5.56. The van der Waals surface area contributed by atoms with Gasteiger partial charge in [0.15, 0.2) is 5.96 Å². The fraction of sp³-hybridized carbons (Fsp3) is 0.526. The zero-order chi connectivity index (χ0) is 19.2. The van der Waals surface area contributed by atoms with E-state index in [1.807, 2.05) is 11.0 Å². The first-order valence-electron chi connectivity index (χ1n) is 9.30. The number of guanidine groups is 1. The van der Waals surface area contributed by atoms with Crippen LogP contribution in [0, 0.1) is 0 Å². The molecule has 3 rings (SSSR count). The number of anilines is 1. The highest BCUT2D eigenvalue weighted by atomic mass is 16.5. The van der Waals surface area contributed by atoms with Crippen LogP contribution < -0.4 is 5.32 Å². The van der Waals surface area contributed by atoms with Gasteiger partial charge in [0.25, 0.3) is 0 Å². The van der Waals surface area contributed by atoms with Gasteiger partial charge in [-0.25, -0.2) is 4.79 Å². The highest BCUT2D eigenvalue weighted by Gasteiger charge is 2.22. The molecule has 8 heteroatoms. The Bertz CT molecular complexity index is 707. The van der Waals surface area contributed by atoms with E-state index in [9.17, 15) is 14.7 Å².